The van der Waals surface area contributed by atoms with Gasteiger partial charge in [-0.05, 0) is 24.5 Å². The van der Waals surface area contributed by atoms with Gasteiger partial charge in [-0.3, -0.25) is 9.59 Å². The van der Waals surface area contributed by atoms with Crippen molar-refractivity contribution in [2.75, 3.05) is 31.6 Å². The molecule has 0 saturated carbocycles. The Bertz CT molecular complexity index is 646. The van der Waals surface area contributed by atoms with Crippen molar-refractivity contribution in [3.63, 3.8) is 0 Å². The van der Waals surface area contributed by atoms with Gasteiger partial charge in [0, 0.05) is 18.3 Å². The van der Waals surface area contributed by atoms with Crippen molar-refractivity contribution in [3.8, 4) is 11.5 Å². The van der Waals surface area contributed by atoms with Crippen molar-refractivity contribution >= 4 is 29.9 Å². The number of likely N-dealkylation sites (N-methyl/N-ethyl adjacent to an activating group) is 1. The fourth-order valence-electron chi connectivity index (χ4n) is 2.41. The van der Waals surface area contributed by atoms with E-state index in [1.807, 2.05) is 27.7 Å². The Kier molecular flexibility index (Phi) is 7.71. The van der Waals surface area contributed by atoms with E-state index in [9.17, 15) is 9.59 Å². The van der Waals surface area contributed by atoms with Crippen LogP contribution >= 0.6 is 12.4 Å². The number of carbonyl (C=O) groups excluding carboxylic acids is 2. The third-order valence-corrected chi connectivity index (χ3v) is 4.05. The summed E-state index contributed by atoms with van der Waals surface area (Å²) >= 11 is 0. The van der Waals surface area contributed by atoms with Gasteiger partial charge in [-0.25, -0.2) is 0 Å². The number of ether oxygens (including phenoxy) is 2. The van der Waals surface area contributed by atoms with E-state index in [-0.39, 0.29) is 36.2 Å². The zero-order valence-corrected chi connectivity index (χ0v) is 16.5. The summed E-state index contributed by atoms with van der Waals surface area (Å²) in [5, 5.41) is 2.78. The lowest BCUT2D eigenvalue weighted by molar-refractivity contribution is -0.137. The Morgan fingerprint density at radius 1 is 1.23 bits per heavy atom. The summed E-state index contributed by atoms with van der Waals surface area (Å²) in [6, 6.07) is 4.55. The Labute approximate surface area is 160 Å². The van der Waals surface area contributed by atoms with Gasteiger partial charge in [-0.15, -0.1) is 12.4 Å². The second kappa shape index (κ2) is 9.09. The average molecular weight is 386 g/mol. The lowest BCUT2D eigenvalue weighted by Crippen LogP contribution is -2.52. The maximum Gasteiger partial charge on any atom is 0.243 e. The van der Waals surface area contributed by atoms with E-state index in [2.05, 4.69) is 5.32 Å². The molecule has 1 aromatic carbocycles. The standard InChI is InChI=1S/C18H27N3O4.ClH/c1-5-21(17(23)16(19)18(2,3)4)11-15(22)20-12-6-7-13-14(10-12)25-9-8-24-13;/h6-7,10,16H,5,8-9,11,19H2,1-4H3,(H,20,22);1H/t16-;/m1./s1. The normalized spacial score (nSPS) is 14.0. The van der Waals surface area contributed by atoms with E-state index in [4.69, 9.17) is 15.2 Å². The molecule has 0 saturated heterocycles. The number of fused-ring (bicyclic) bond motifs is 1. The number of hydrogen-bond donors (Lipinski definition) is 2. The van der Waals surface area contributed by atoms with Crippen LogP contribution in [-0.2, 0) is 9.59 Å². The molecule has 26 heavy (non-hydrogen) atoms. The lowest BCUT2D eigenvalue weighted by Gasteiger charge is -2.31. The molecular weight excluding hydrogens is 358 g/mol. The van der Waals surface area contributed by atoms with E-state index in [1.165, 1.54) is 4.90 Å². The number of nitrogens with zero attached hydrogens (tertiary/aromatic N) is 1. The van der Waals surface area contributed by atoms with Crippen LogP contribution in [0.4, 0.5) is 5.69 Å². The molecule has 0 unspecified atom stereocenters. The number of halogens is 1. The molecular formula is C18H28ClN3O4. The predicted molar refractivity (Wildman–Crippen MR) is 103 cm³/mol. The van der Waals surface area contributed by atoms with Crippen LogP contribution in [0.2, 0.25) is 0 Å². The van der Waals surface area contributed by atoms with Crippen molar-refractivity contribution in [2.24, 2.45) is 11.1 Å². The lowest BCUT2D eigenvalue weighted by atomic mass is 9.86. The Balaban J connectivity index is 0.00000338. The Morgan fingerprint density at radius 2 is 1.85 bits per heavy atom. The second-order valence-corrected chi connectivity index (χ2v) is 7.10. The van der Waals surface area contributed by atoms with Gasteiger partial charge in [0.25, 0.3) is 0 Å². The molecule has 1 heterocycles. The van der Waals surface area contributed by atoms with Crippen LogP contribution in [0.5, 0.6) is 11.5 Å². The highest BCUT2D eigenvalue weighted by atomic mass is 35.5. The number of nitrogens with one attached hydrogen (secondary N) is 1. The minimum Gasteiger partial charge on any atom is -0.486 e. The molecule has 2 rings (SSSR count). The van der Waals surface area contributed by atoms with Crippen molar-refractivity contribution in [3.05, 3.63) is 18.2 Å². The summed E-state index contributed by atoms with van der Waals surface area (Å²) in [6.07, 6.45) is 0. The maximum atomic E-state index is 12.5. The van der Waals surface area contributed by atoms with Gasteiger partial charge in [0.15, 0.2) is 11.5 Å². The number of hydrogen-bond acceptors (Lipinski definition) is 5. The largest absolute Gasteiger partial charge is 0.486 e. The smallest absolute Gasteiger partial charge is 0.243 e. The van der Waals surface area contributed by atoms with Gasteiger partial charge >= 0.3 is 0 Å². The first-order valence-electron chi connectivity index (χ1n) is 8.46. The molecule has 1 atom stereocenters. The molecule has 1 aliphatic rings. The molecule has 0 bridgehead atoms. The number of nitrogens with two attached hydrogens (primary N) is 1. The molecule has 0 spiro atoms. The van der Waals surface area contributed by atoms with Crippen LogP contribution < -0.4 is 20.5 Å². The van der Waals surface area contributed by atoms with Crippen LogP contribution in [0.3, 0.4) is 0 Å². The third kappa shape index (κ3) is 5.51. The van der Waals surface area contributed by atoms with Crippen molar-refractivity contribution in [2.45, 2.75) is 33.7 Å². The van der Waals surface area contributed by atoms with E-state index < -0.39 is 6.04 Å². The van der Waals surface area contributed by atoms with Crippen molar-refractivity contribution in [1.29, 1.82) is 0 Å². The molecule has 7 nitrogen and oxygen atoms in total. The molecule has 0 aromatic heterocycles. The number of rotatable bonds is 5. The number of carbonyl (C=O) groups is 2. The topological polar surface area (TPSA) is 93.9 Å². The van der Waals surface area contributed by atoms with E-state index >= 15 is 0 Å². The molecule has 1 aliphatic heterocycles. The van der Waals surface area contributed by atoms with E-state index in [0.29, 0.717) is 36.9 Å². The Morgan fingerprint density at radius 3 is 2.42 bits per heavy atom. The van der Waals surface area contributed by atoms with Gasteiger partial charge in [-0.2, -0.15) is 0 Å². The van der Waals surface area contributed by atoms with E-state index in [0.717, 1.165) is 0 Å². The van der Waals surface area contributed by atoms with Gasteiger partial charge in [0.05, 0.1) is 12.6 Å². The van der Waals surface area contributed by atoms with Gasteiger partial charge < -0.3 is 25.4 Å². The first kappa shape index (κ1) is 22.1. The molecule has 8 heteroatoms. The zero-order valence-electron chi connectivity index (χ0n) is 15.7. The summed E-state index contributed by atoms with van der Waals surface area (Å²) in [5.41, 5.74) is 6.25. The molecule has 146 valence electrons. The SMILES string of the molecule is CCN(CC(=O)Nc1ccc2c(c1)OCCO2)C(=O)[C@@H](N)C(C)(C)C.Cl. The van der Waals surface area contributed by atoms with Gasteiger partial charge in [0.2, 0.25) is 11.8 Å². The summed E-state index contributed by atoms with van der Waals surface area (Å²) in [7, 11) is 0. The number of benzene rings is 1. The Hall–Kier alpha value is -1.99. The molecule has 0 radical (unpaired) electrons. The minimum atomic E-state index is -0.658. The highest BCUT2D eigenvalue weighted by molar-refractivity contribution is 5.95. The molecule has 3 N–H and O–H groups in total. The quantitative estimate of drug-likeness (QED) is 0.808. The average Bonchev–Trinajstić information content (AvgIpc) is 2.57. The summed E-state index contributed by atoms with van der Waals surface area (Å²) in [5.74, 6) is 0.744. The highest BCUT2D eigenvalue weighted by Gasteiger charge is 2.31. The first-order chi connectivity index (χ1) is 11.7. The molecule has 2 amide bonds. The van der Waals surface area contributed by atoms with Crippen molar-refractivity contribution in [1.82, 2.24) is 4.90 Å². The van der Waals surface area contributed by atoms with Crippen LogP contribution in [0, 0.1) is 5.41 Å². The van der Waals surface area contributed by atoms with Gasteiger partial charge in [0.1, 0.15) is 13.2 Å². The fraction of sp³-hybridized carbons (Fsp3) is 0.556. The second-order valence-electron chi connectivity index (χ2n) is 7.10. The number of amides is 2. The minimum absolute atomic E-state index is 0. The monoisotopic (exact) mass is 385 g/mol. The van der Waals surface area contributed by atoms with Crippen LogP contribution in [0.25, 0.3) is 0 Å². The van der Waals surface area contributed by atoms with Crippen LogP contribution in [0.15, 0.2) is 18.2 Å². The van der Waals surface area contributed by atoms with Crippen LogP contribution in [-0.4, -0.2) is 49.1 Å². The molecule has 1 aromatic rings. The summed E-state index contributed by atoms with van der Waals surface area (Å²) < 4.78 is 10.9. The fourth-order valence-corrected chi connectivity index (χ4v) is 2.41. The first-order valence-corrected chi connectivity index (χ1v) is 8.46. The highest BCUT2D eigenvalue weighted by Crippen LogP contribution is 2.32. The third-order valence-electron chi connectivity index (χ3n) is 4.05. The molecule has 0 fully saturated rings. The maximum absolute atomic E-state index is 12.5. The number of anilines is 1. The van der Waals surface area contributed by atoms with Crippen LogP contribution in [0.1, 0.15) is 27.7 Å². The molecule has 0 aliphatic carbocycles. The van der Waals surface area contributed by atoms with Gasteiger partial charge in [-0.1, -0.05) is 20.8 Å². The summed E-state index contributed by atoms with van der Waals surface area (Å²) in [4.78, 5) is 26.3. The van der Waals surface area contributed by atoms with E-state index in [1.54, 1.807) is 18.2 Å². The summed E-state index contributed by atoms with van der Waals surface area (Å²) in [6.45, 7) is 8.89. The predicted octanol–water partition coefficient (Wildman–Crippen LogP) is 2.04. The van der Waals surface area contributed by atoms with Crippen molar-refractivity contribution < 1.29 is 19.1 Å². The zero-order chi connectivity index (χ0) is 18.6.